The molecule has 0 aromatic heterocycles. The standard InChI is InChI=1S/C32H41N5O6/c1-21-27(30(38)42-4)29(28(22(2)34-21)31(39)43-5)23-9-6-10-24(19-23)35-32(40)33-13-8-14-36-15-17-37(18-16-36)25-11-7-12-26(20-25)41-3/h6-7,9-12,19-20,29,34H,8,13-18H2,1-5H3,(H2,33,35,40). The summed E-state index contributed by atoms with van der Waals surface area (Å²) in [5, 5.41) is 8.89. The van der Waals surface area contributed by atoms with E-state index >= 15 is 0 Å². The highest BCUT2D eigenvalue weighted by Crippen LogP contribution is 2.39. The van der Waals surface area contributed by atoms with Crippen LogP contribution in [-0.2, 0) is 19.1 Å². The lowest BCUT2D eigenvalue weighted by Gasteiger charge is -2.36. The molecule has 0 atom stereocenters. The molecule has 3 N–H and O–H groups in total. The van der Waals surface area contributed by atoms with Crippen molar-refractivity contribution in [1.29, 1.82) is 0 Å². The fourth-order valence-corrected chi connectivity index (χ4v) is 5.60. The van der Waals surface area contributed by atoms with Crippen LogP contribution in [0, 0.1) is 0 Å². The summed E-state index contributed by atoms with van der Waals surface area (Å²) in [6.45, 7) is 8.71. The van der Waals surface area contributed by atoms with Crippen molar-refractivity contribution in [1.82, 2.24) is 15.5 Å². The van der Waals surface area contributed by atoms with E-state index in [0.29, 0.717) is 40.3 Å². The number of allylic oxidation sites excluding steroid dienone is 2. The van der Waals surface area contributed by atoms with Gasteiger partial charge in [-0.2, -0.15) is 0 Å². The van der Waals surface area contributed by atoms with Crippen molar-refractivity contribution in [3.63, 3.8) is 0 Å². The summed E-state index contributed by atoms with van der Waals surface area (Å²) < 4.78 is 15.4. The van der Waals surface area contributed by atoms with Crippen molar-refractivity contribution in [2.45, 2.75) is 26.2 Å². The number of nitrogens with one attached hydrogen (secondary N) is 3. The SMILES string of the molecule is COC(=O)C1=C(C)NC(C)=C(C(=O)OC)C1c1cccc(NC(=O)NCCCN2CCN(c3cccc(OC)c3)CC2)c1. The number of carbonyl (C=O) groups is 3. The molecule has 2 aliphatic heterocycles. The molecule has 0 aliphatic carbocycles. The van der Waals surface area contributed by atoms with Crippen LogP contribution in [0.2, 0.25) is 0 Å². The van der Waals surface area contributed by atoms with E-state index in [-0.39, 0.29) is 6.03 Å². The molecule has 0 bridgehead atoms. The number of piperazine rings is 1. The zero-order valence-corrected chi connectivity index (χ0v) is 25.5. The number of nitrogens with zero attached hydrogens (tertiary/aromatic N) is 2. The number of methoxy groups -OCH3 is 3. The van der Waals surface area contributed by atoms with Crippen LogP contribution in [0.1, 0.15) is 31.7 Å². The number of hydrogen-bond acceptors (Lipinski definition) is 9. The molecular formula is C32H41N5O6. The summed E-state index contributed by atoms with van der Waals surface area (Å²) in [4.78, 5) is 43.0. The van der Waals surface area contributed by atoms with Crippen LogP contribution in [0.25, 0.3) is 0 Å². The highest BCUT2D eigenvalue weighted by molar-refractivity contribution is 6.00. The Balaban J connectivity index is 1.31. The highest BCUT2D eigenvalue weighted by Gasteiger charge is 2.37. The molecule has 0 spiro atoms. The van der Waals surface area contributed by atoms with Crippen molar-refractivity contribution in [2.24, 2.45) is 0 Å². The quantitative estimate of drug-likeness (QED) is 0.281. The van der Waals surface area contributed by atoms with Gasteiger partial charge in [-0.05, 0) is 56.6 Å². The Labute approximate surface area is 252 Å². The number of carbonyl (C=O) groups excluding carboxylic acids is 3. The van der Waals surface area contributed by atoms with Crippen molar-refractivity contribution < 1.29 is 28.6 Å². The average molecular weight is 592 g/mol. The molecular weight excluding hydrogens is 550 g/mol. The summed E-state index contributed by atoms with van der Waals surface area (Å²) >= 11 is 0. The van der Waals surface area contributed by atoms with Gasteiger partial charge < -0.3 is 35.1 Å². The molecule has 0 unspecified atom stereocenters. The lowest BCUT2D eigenvalue weighted by atomic mass is 9.80. The van der Waals surface area contributed by atoms with Crippen molar-refractivity contribution in [3.8, 4) is 5.75 Å². The highest BCUT2D eigenvalue weighted by atomic mass is 16.5. The lowest BCUT2D eigenvalue weighted by Crippen LogP contribution is -2.47. The predicted molar refractivity (Wildman–Crippen MR) is 165 cm³/mol. The molecule has 11 heteroatoms. The maximum absolute atomic E-state index is 12.8. The maximum atomic E-state index is 12.8. The Morgan fingerprint density at radius 1 is 0.884 bits per heavy atom. The average Bonchev–Trinajstić information content (AvgIpc) is 3.02. The Hall–Kier alpha value is -4.51. The number of benzene rings is 2. The fraction of sp³-hybridized carbons (Fsp3) is 0.406. The summed E-state index contributed by atoms with van der Waals surface area (Å²) in [7, 11) is 4.28. The molecule has 1 fully saturated rings. The number of anilines is 2. The Morgan fingerprint density at radius 3 is 2.16 bits per heavy atom. The lowest BCUT2D eigenvalue weighted by molar-refractivity contribution is -0.137. The van der Waals surface area contributed by atoms with Crippen molar-refractivity contribution in [2.75, 3.05) is 70.8 Å². The van der Waals surface area contributed by atoms with Gasteiger partial charge in [0.2, 0.25) is 0 Å². The zero-order valence-electron chi connectivity index (χ0n) is 25.5. The van der Waals surface area contributed by atoms with Crippen LogP contribution in [-0.4, -0.2) is 83.5 Å². The second-order valence-corrected chi connectivity index (χ2v) is 10.5. The molecule has 4 rings (SSSR count). The second kappa shape index (κ2) is 14.6. The maximum Gasteiger partial charge on any atom is 0.336 e. The van der Waals surface area contributed by atoms with Gasteiger partial charge in [-0.25, -0.2) is 14.4 Å². The number of urea groups is 1. The fourth-order valence-electron chi connectivity index (χ4n) is 5.60. The molecule has 2 aliphatic rings. The third-order valence-electron chi connectivity index (χ3n) is 7.78. The van der Waals surface area contributed by atoms with Crippen LogP contribution in [0.15, 0.2) is 71.1 Å². The summed E-state index contributed by atoms with van der Waals surface area (Å²) in [5.41, 5.74) is 4.12. The molecule has 2 aromatic rings. The summed E-state index contributed by atoms with van der Waals surface area (Å²) in [6, 6.07) is 14.9. The van der Waals surface area contributed by atoms with Crippen LogP contribution < -0.4 is 25.6 Å². The van der Waals surface area contributed by atoms with Gasteiger partial charge in [0, 0.05) is 61.6 Å². The van der Waals surface area contributed by atoms with E-state index in [9.17, 15) is 14.4 Å². The molecule has 2 heterocycles. The zero-order chi connectivity index (χ0) is 30.9. The molecule has 0 radical (unpaired) electrons. The minimum Gasteiger partial charge on any atom is -0.497 e. The van der Waals surface area contributed by atoms with E-state index in [0.717, 1.165) is 44.9 Å². The van der Waals surface area contributed by atoms with Gasteiger partial charge in [0.05, 0.1) is 38.4 Å². The second-order valence-electron chi connectivity index (χ2n) is 10.5. The normalized spacial score (nSPS) is 16.0. The molecule has 2 amide bonds. The topological polar surface area (TPSA) is 121 Å². The van der Waals surface area contributed by atoms with Crippen LogP contribution in [0.3, 0.4) is 0 Å². The van der Waals surface area contributed by atoms with Gasteiger partial charge in [-0.15, -0.1) is 0 Å². The predicted octanol–water partition coefficient (Wildman–Crippen LogP) is 3.61. The van der Waals surface area contributed by atoms with E-state index in [1.54, 1.807) is 45.2 Å². The Kier molecular flexibility index (Phi) is 10.7. The number of dihydropyridines is 1. The van der Waals surface area contributed by atoms with Crippen LogP contribution in [0.5, 0.6) is 5.75 Å². The Morgan fingerprint density at radius 2 is 1.53 bits per heavy atom. The Bertz CT molecular complexity index is 1360. The van der Waals surface area contributed by atoms with Crippen LogP contribution in [0.4, 0.5) is 16.2 Å². The molecule has 11 nitrogen and oxygen atoms in total. The van der Waals surface area contributed by atoms with Crippen molar-refractivity contribution >= 4 is 29.3 Å². The first-order valence-corrected chi connectivity index (χ1v) is 14.4. The van der Waals surface area contributed by atoms with E-state index in [1.165, 1.54) is 19.9 Å². The van der Waals surface area contributed by atoms with Gasteiger partial charge in [-0.3, -0.25) is 4.90 Å². The summed E-state index contributed by atoms with van der Waals surface area (Å²) in [5.74, 6) is -0.975. The monoisotopic (exact) mass is 591 g/mol. The molecule has 0 saturated carbocycles. The van der Waals surface area contributed by atoms with Gasteiger partial charge >= 0.3 is 18.0 Å². The first-order chi connectivity index (χ1) is 20.7. The molecule has 1 saturated heterocycles. The number of rotatable bonds is 10. The third kappa shape index (κ3) is 7.66. The third-order valence-corrected chi connectivity index (χ3v) is 7.78. The minimum absolute atomic E-state index is 0.305. The first-order valence-electron chi connectivity index (χ1n) is 14.4. The number of esters is 2. The first kappa shape index (κ1) is 31.4. The van der Waals surface area contributed by atoms with Crippen molar-refractivity contribution in [3.05, 3.63) is 76.6 Å². The smallest absolute Gasteiger partial charge is 0.336 e. The van der Waals surface area contributed by atoms with Gasteiger partial charge in [0.15, 0.2) is 0 Å². The molecule has 2 aromatic carbocycles. The van der Waals surface area contributed by atoms with Gasteiger partial charge in [0.1, 0.15) is 5.75 Å². The molecule has 43 heavy (non-hydrogen) atoms. The largest absolute Gasteiger partial charge is 0.497 e. The summed E-state index contributed by atoms with van der Waals surface area (Å²) in [6.07, 6.45) is 0.820. The minimum atomic E-state index is -0.727. The number of amides is 2. The van der Waals surface area contributed by atoms with E-state index < -0.39 is 17.9 Å². The number of hydrogen-bond donors (Lipinski definition) is 3. The molecule has 230 valence electrons. The van der Waals surface area contributed by atoms with E-state index in [2.05, 4.69) is 37.9 Å². The number of ether oxygens (including phenoxy) is 3. The van der Waals surface area contributed by atoms with Crippen LogP contribution >= 0.6 is 0 Å². The van der Waals surface area contributed by atoms with E-state index in [1.807, 2.05) is 12.1 Å². The van der Waals surface area contributed by atoms with Gasteiger partial charge in [0.25, 0.3) is 0 Å². The van der Waals surface area contributed by atoms with E-state index in [4.69, 9.17) is 14.2 Å². The van der Waals surface area contributed by atoms with Gasteiger partial charge in [-0.1, -0.05) is 18.2 Å².